The monoisotopic (exact) mass is 332 g/mol. The van der Waals surface area contributed by atoms with Crippen LogP contribution in [0.2, 0.25) is 0 Å². The van der Waals surface area contributed by atoms with Gasteiger partial charge in [-0.05, 0) is 59.5 Å². The Morgan fingerprint density at radius 2 is 1.64 bits per heavy atom. The van der Waals surface area contributed by atoms with Crippen molar-refractivity contribution in [2.45, 2.75) is 12.8 Å². The fourth-order valence-electron chi connectivity index (χ4n) is 3.27. The maximum absolute atomic E-state index is 13.2. The molecule has 4 heteroatoms. The Labute approximate surface area is 145 Å². The van der Waals surface area contributed by atoms with Crippen molar-refractivity contribution in [3.05, 3.63) is 88.7 Å². The molecule has 25 heavy (non-hydrogen) atoms. The molecule has 3 nitrogen and oxygen atoms in total. The molecule has 0 saturated heterocycles. The molecule has 0 bridgehead atoms. The van der Waals surface area contributed by atoms with Gasteiger partial charge in [0.05, 0.1) is 11.4 Å². The van der Waals surface area contributed by atoms with Crippen molar-refractivity contribution in [3.63, 3.8) is 0 Å². The van der Waals surface area contributed by atoms with Crippen LogP contribution in [-0.2, 0) is 12.8 Å². The van der Waals surface area contributed by atoms with Gasteiger partial charge in [-0.2, -0.15) is 0 Å². The van der Waals surface area contributed by atoms with E-state index in [1.54, 1.807) is 6.07 Å². The molecule has 0 spiro atoms. The van der Waals surface area contributed by atoms with Gasteiger partial charge in [-0.1, -0.05) is 24.3 Å². The molecule has 0 atom stereocenters. The van der Waals surface area contributed by atoms with Crippen LogP contribution in [0.1, 0.15) is 27.0 Å². The Hall–Kier alpha value is -3.14. The molecule has 0 aliphatic heterocycles. The maximum Gasteiger partial charge on any atom is 0.167 e. The van der Waals surface area contributed by atoms with Crippen LogP contribution in [0.4, 0.5) is 21.5 Å². The van der Waals surface area contributed by atoms with Gasteiger partial charge < -0.3 is 11.1 Å². The summed E-state index contributed by atoms with van der Waals surface area (Å²) in [6.07, 6.45) is 1.15. The Bertz CT molecular complexity index is 981. The van der Waals surface area contributed by atoms with E-state index < -0.39 is 0 Å². The van der Waals surface area contributed by atoms with Crippen molar-refractivity contribution in [1.82, 2.24) is 0 Å². The zero-order valence-electron chi connectivity index (χ0n) is 13.6. The Morgan fingerprint density at radius 3 is 2.40 bits per heavy atom. The number of rotatable bonds is 2. The largest absolute Gasteiger partial charge is 0.397 e. The number of Topliss-reactive ketones (excluding diaryl/α,β-unsaturated/α-hetero) is 1. The number of fused-ring (bicyclic) bond motifs is 2. The van der Waals surface area contributed by atoms with Gasteiger partial charge in [0.2, 0.25) is 0 Å². The van der Waals surface area contributed by atoms with Gasteiger partial charge in [0, 0.05) is 17.7 Å². The van der Waals surface area contributed by atoms with Crippen molar-refractivity contribution in [1.29, 1.82) is 0 Å². The van der Waals surface area contributed by atoms with E-state index in [9.17, 15) is 9.18 Å². The lowest BCUT2D eigenvalue weighted by Crippen LogP contribution is -2.04. The molecule has 0 amide bonds. The van der Waals surface area contributed by atoms with Gasteiger partial charge in [-0.15, -0.1) is 0 Å². The molecule has 4 rings (SSSR count). The van der Waals surface area contributed by atoms with E-state index in [0.29, 0.717) is 24.2 Å². The predicted octanol–water partition coefficient (Wildman–Crippen LogP) is 4.48. The third kappa shape index (κ3) is 2.98. The normalized spacial score (nSPS) is 12.9. The van der Waals surface area contributed by atoms with E-state index in [1.807, 2.05) is 36.4 Å². The Morgan fingerprint density at radius 1 is 0.880 bits per heavy atom. The number of nitrogens with two attached hydrogens (primary N) is 1. The first-order valence-electron chi connectivity index (χ1n) is 8.15. The topological polar surface area (TPSA) is 55.1 Å². The third-order valence-electron chi connectivity index (χ3n) is 4.55. The standard InChI is InChI=1S/C21H17FN2O/c22-16-5-8-20(19(23)12-16)24-17-6-7-18-15(10-17)9-13-3-1-2-4-14(13)11-21(18)25/h1-8,10,12,24H,9,11,23H2. The van der Waals surface area contributed by atoms with Crippen molar-refractivity contribution in [2.75, 3.05) is 11.1 Å². The first kappa shape index (κ1) is 15.4. The summed E-state index contributed by atoms with van der Waals surface area (Å²) in [5.74, 6) is -0.236. The first-order valence-corrected chi connectivity index (χ1v) is 8.15. The highest BCUT2D eigenvalue weighted by molar-refractivity contribution is 6.00. The third-order valence-corrected chi connectivity index (χ3v) is 4.55. The van der Waals surface area contributed by atoms with Crippen molar-refractivity contribution in [2.24, 2.45) is 0 Å². The van der Waals surface area contributed by atoms with Crippen molar-refractivity contribution >= 4 is 22.8 Å². The molecule has 124 valence electrons. The molecule has 1 aliphatic rings. The molecular formula is C21H17FN2O. The molecule has 3 aromatic rings. The van der Waals surface area contributed by atoms with Crippen LogP contribution in [0.3, 0.4) is 0 Å². The number of ketones is 1. The number of nitrogens with one attached hydrogen (secondary N) is 1. The first-order chi connectivity index (χ1) is 12.1. The van der Waals surface area contributed by atoms with Crippen molar-refractivity contribution < 1.29 is 9.18 Å². The number of benzene rings is 3. The maximum atomic E-state index is 13.2. The fraction of sp³-hybridized carbons (Fsp3) is 0.0952. The minimum atomic E-state index is -0.368. The highest BCUT2D eigenvalue weighted by atomic mass is 19.1. The second kappa shape index (κ2) is 6.06. The zero-order chi connectivity index (χ0) is 17.4. The molecule has 1 aliphatic carbocycles. The molecule has 3 aromatic carbocycles. The lowest BCUT2D eigenvalue weighted by molar-refractivity contribution is 0.0993. The minimum absolute atomic E-state index is 0.132. The van der Waals surface area contributed by atoms with E-state index in [0.717, 1.165) is 22.4 Å². The number of hydrogen-bond donors (Lipinski definition) is 2. The van der Waals surface area contributed by atoms with Crippen LogP contribution < -0.4 is 11.1 Å². The van der Waals surface area contributed by atoms with Crippen LogP contribution in [0.15, 0.2) is 60.7 Å². The molecular weight excluding hydrogens is 315 g/mol. The molecule has 0 aromatic heterocycles. The minimum Gasteiger partial charge on any atom is -0.397 e. The van der Waals surface area contributed by atoms with Gasteiger partial charge in [-0.25, -0.2) is 4.39 Å². The highest BCUT2D eigenvalue weighted by Crippen LogP contribution is 2.29. The van der Waals surface area contributed by atoms with E-state index in [4.69, 9.17) is 5.73 Å². The highest BCUT2D eigenvalue weighted by Gasteiger charge is 2.19. The number of anilines is 3. The van der Waals surface area contributed by atoms with E-state index in [2.05, 4.69) is 11.4 Å². The summed E-state index contributed by atoms with van der Waals surface area (Å²) < 4.78 is 13.2. The summed E-state index contributed by atoms with van der Waals surface area (Å²) in [7, 11) is 0. The van der Waals surface area contributed by atoms with Crippen molar-refractivity contribution in [3.8, 4) is 0 Å². The number of carbonyl (C=O) groups is 1. The van der Waals surface area contributed by atoms with Crippen LogP contribution in [0.5, 0.6) is 0 Å². The van der Waals surface area contributed by atoms with Gasteiger partial charge in [0.25, 0.3) is 0 Å². The van der Waals surface area contributed by atoms with Gasteiger partial charge >= 0.3 is 0 Å². The lowest BCUT2D eigenvalue weighted by atomic mass is 9.99. The summed E-state index contributed by atoms with van der Waals surface area (Å²) >= 11 is 0. The number of hydrogen-bond acceptors (Lipinski definition) is 3. The average Bonchev–Trinajstić information content (AvgIpc) is 2.73. The van der Waals surface area contributed by atoms with E-state index in [-0.39, 0.29) is 11.6 Å². The van der Waals surface area contributed by atoms with Gasteiger partial charge in [0.15, 0.2) is 5.78 Å². The molecule has 0 saturated carbocycles. The molecule has 3 N–H and O–H groups in total. The van der Waals surface area contributed by atoms with Crippen LogP contribution in [0, 0.1) is 5.82 Å². The summed E-state index contributed by atoms with van der Waals surface area (Å²) in [6, 6.07) is 18.0. The molecule has 0 radical (unpaired) electrons. The summed E-state index contributed by atoms with van der Waals surface area (Å²) in [5.41, 5.74) is 11.7. The predicted molar refractivity (Wildman–Crippen MR) is 97.8 cm³/mol. The van der Waals surface area contributed by atoms with Crippen LogP contribution in [0.25, 0.3) is 0 Å². The zero-order valence-corrected chi connectivity index (χ0v) is 13.6. The smallest absolute Gasteiger partial charge is 0.167 e. The molecule has 0 heterocycles. The lowest BCUT2D eigenvalue weighted by Gasteiger charge is -2.12. The Kier molecular flexibility index (Phi) is 3.73. The second-order valence-corrected chi connectivity index (χ2v) is 6.27. The van der Waals surface area contributed by atoms with Crippen LogP contribution in [-0.4, -0.2) is 5.78 Å². The summed E-state index contributed by atoms with van der Waals surface area (Å²) in [5, 5.41) is 3.21. The van der Waals surface area contributed by atoms with Gasteiger partial charge in [0.1, 0.15) is 5.82 Å². The van der Waals surface area contributed by atoms with E-state index in [1.165, 1.54) is 17.7 Å². The number of nitrogen functional groups attached to an aromatic ring is 1. The summed E-state index contributed by atoms with van der Waals surface area (Å²) in [6.45, 7) is 0. The average molecular weight is 332 g/mol. The second-order valence-electron chi connectivity index (χ2n) is 6.27. The number of carbonyl (C=O) groups excluding carboxylic acids is 1. The quantitative estimate of drug-likeness (QED) is 0.680. The molecule has 0 unspecified atom stereocenters. The Balaban J connectivity index is 1.70. The van der Waals surface area contributed by atoms with Crippen LogP contribution >= 0.6 is 0 Å². The summed E-state index contributed by atoms with van der Waals surface area (Å²) in [4.78, 5) is 12.5. The van der Waals surface area contributed by atoms with E-state index >= 15 is 0 Å². The molecule has 0 fully saturated rings. The SMILES string of the molecule is Nc1cc(F)ccc1Nc1ccc2c(c1)Cc1ccccc1CC2=O. The number of halogens is 1. The van der Waals surface area contributed by atoms with Gasteiger partial charge in [-0.3, -0.25) is 4.79 Å². The fourth-order valence-corrected chi connectivity index (χ4v) is 3.27.